The van der Waals surface area contributed by atoms with Crippen molar-refractivity contribution in [2.75, 3.05) is 27.9 Å². The molecule has 3 aromatic carbocycles. The zero-order chi connectivity index (χ0) is 24.2. The van der Waals surface area contributed by atoms with Crippen LogP contribution in [0.15, 0.2) is 69.9 Å². The summed E-state index contributed by atoms with van der Waals surface area (Å²) >= 11 is 0. The van der Waals surface area contributed by atoms with Gasteiger partial charge in [-0.2, -0.15) is 0 Å². The molecule has 34 heavy (non-hydrogen) atoms. The van der Waals surface area contributed by atoms with Crippen LogP contribution in [-0.2, 0) is 0 Å². The van der Waals surface area contributed by atoms with Gasteiger partial charge >= 0.3 is 5.63 Å². The molecule has 0 bridgehead atoms. The predicted octanol–water partition coefficient (Wildman–Crippen LogP) is 5.06. The number of ether oxygens (including phenoxy) is 4. The Morgan fingerprint density at radius 1 is 0.824 bits per heavy atom. The highest BCUT2D eigenvalue weighted by molar-refractivity contribution is 5.97. The van der Waals surface area contributed by atoms with Crippen molar-refractivity contribution in [3.63, 3.8) is 0 Å². The van der Waals surface area contributed by atoms with Gasteiger partial charge in [-0.05, 0) is 73.2 Å². The summed E-state index contributed by atoms with van der Waals surface area (Å²) in [5.74, 6) is 2.10. The number of hydrogen-bond donors (Lipinski definition) is 0. The molecule has 1 aromatic heterocycles. The first-order chi connectivity index (χ1) is 16.4. The number of ketones is 1. The zero-order valence-corrected chi connectivity index (χ0v) is 19.3. The lowest BCUT2D eigenvalue weighted by Crippen LogP contribution is -2.11. The molecule has 4 aromatic rings. The summed E-state index contributed by atoms with van der Waals surface area (Å²) in [6, 6.07) is 17.1. The molecule has 0 atom stereocenters. The largest absolute Gasteiger partial charge is 0.497 e. The Bertz CT molecular complexity index is 1400. The van der Waals surface area contributed by atoms with E-state index >= 15 is 0 Å². The van der Waals surface area contributed by atoms with E-state index in [-0.39, 0.29) is 12.4 Å². The second-order valence-corrected chi connectivity index (χ2v) is 7.55. The summed E-state index contributed by atoms with van der Waals surface area (Å²) in [6.07, 6.45) is 0. The maximum Gasteiger partial charge on any atom is 0.344 e. The van der Waals surface area contributed by atoms with Crippen LogP contribution in [0.2, 0.25) is 0 Å². The van der Waals surface area contributed by atoms with Crippen LogP contribution in [0, 0.1) is 6.92 Å². The smallest absolute Gasteiger partial charge is 0.344 e. The van der Waals surface area contributed by atoms with Crippen molar-refractivity contribution in [1.82, 2.24) is 0 Å². The summed E-state index contributed by atoms with van der Waals surface area (Å²) in [4.78, 5) is 25.4. The first kappa shape index (κ1) is 22.9. The van der Waals surface area contributed by atoms with E-state index in [1.165, 1.54) is 7.11 Å². The van der Waals surface area contributed by atoms with Crippen LogP contribution < -0.4 is 24.6 Å². The first-order valence-corrected chi connectivity index (χ1v) is 10.5. The molecule has 0 aliphatic carbocycles. The van der Waals surface area contributed by atoms with Gasteiger partial charge in [0.25, 0.3) is 0 Å². The van der Waals surface area contributed by atoms with Gasteiger partial charge in [-0.25, -0.2) is 4.79 Å². The molecule has 0 amide bonds. The Morgan fingerprint density at radius 3 is 2.18 bits per heavy atom. The molecule has 7 heteroatoms. The van der Waals surface area contributed by atoms with Crippen molar-refractivity contribution in [3.05, 3.63) is 82.2 Å². The number of fused-ring (bicyclic) bond motifs is 1. The third kappa shape index (κ3) is 4.45. The van der Waals surface area contributed by atoms with E-state index in [1.807, 2.05) is 6.92 Å². The standard InChI is InChI=1S/C27H24O7/c1-16-21-14-20(33-15-23(28)17-5-7-18(30-2)8-6-17)10-12-25(21)34-27(29)26(16)22-13-19(31-3)9-11-24(22)32-4/h5-14H,15H2,1-4H3. The Balaban J connectivity index is 1.67. The molecular weight excluding hydrogens is 436 g/mol. The van der Waals surface area contributed by atoms with Crippen molar-refractivity contribution in [1.29, 1.82) is 0 Å². The number of benzene rings is 3. The van der Waals surface area contributed by atoms with Crippen LogP contribution in [-0.4, -0.2) is 33.7 Å². The summed E-state index contributed by atoms with van der Waals surface area (Å²) in [7, 11) is 4.66. The quantitative estimate of drug-likeness (QED) is 0.269. The van der Waals surface area contributed by atoms with Gasteiger partial charge in [-0.15, -0.1) is 0 Å². The molecule has 174 valence electrons. The van der Waals surface area contributed by atoms with Gasteiger partial charge < -0.3 is 23.4 Å². The van der Waals surface area contributed by atoms with Crippen LogP contribution in [0.5, 0.6) is 23.0 Å². The van der Waals surface area contributed by atoms with E-state index in [4.69, 9.17) is 23.4 Å². The van der Waals surface area contributed by atoms with Crippen LogP contribution in [0.4, 0.5) is 0 Å². The molecule has 7 nitrogen and oxygen atoms in total. The van der Waals surface area contributed by atoms with E-state index in [1.54, 1.807) is 74.9 Å². The lowest BCUT2D eigenvalue weighted by molar-refractivity contribution is 0.0921. The number of aryl methyl sites for hydroxylation is 1. The summed E-state index contributed by atoms with van der Waals surface area (Å²) in [6.45, 7) is 1.70. The molecule has 0 spiro atoms. The minimum Gasteiger partial charge on any atom is -0.497 e. The van der Waals surface area contributed by atoms with Crippen LogP contribution in [0.1, 0.15) is 15.9 Å². The molecule has 0 aliphatic rings. The number of carbonyl (C=O) groups excluding carboxylic acids is 1. The van der Waals surface area contributed by atoms with Gasteiger partial charge in [-0.3, -0.25) is 4.79 Å². The summed E-state index contributed by atoms with van der Waals surface area (Å²) < 4.78 is 27.2. The van der Waals surface area contributed by atoms with Gasteiger partial charge in [0.1, 0.15) is 28.6 Å². The minimum absolute atomic E-state index is 0.135. The van der Waals surface area contributed by atoms with Crippen molar-refractivity contribution >= 4 is 16.8 Å². The Morgan fingerprint density at radius 2 is 1.50 bits per heavy atom. The maximum atomic E-state index is 12.9. The van der Waals surface area contributed by atoms with Crippen molar-refractivity contribution in [2.24, 2.45) is 0 Å². The van der Waals surface area contributed by atoms with Crippen molar-refractivity contribution < 1.29 is 28.2 Å². The lowest BCUT2D eigenvalue weighted by Gasteiger charge is -2.13. The molecule has 0 saturated heterocycles. The van der Waals surface area contributed by atoms with Gasteiger partial charge in [0.15, 0.2) is 12.4 Å². The van der Waals surface area contributed by atoms with E-state index in [9.17, 15) is 9.59 Å². The fraction of sp³-hybridized carbons (Fsp3) is 0.185. The van der Waals surface area contributed by atoms with Crippen LogP contribution in [0.25, 0.3) is 22.1 Å². The number of hydrogen-bond acceptors (Lipinski definition) is 7. The molecule has 0 N–H and O–H groups in total. The summed E-state index contributed by atoms with van der Waals surface area (Å²) in [5, 5.41) is 0.689. The van der Waals surface area contributed by atoms with Crippen molar-refractivity contribution in [2.45, 2.75) is 6.92 Å². The van der Waals surface area contributed by atoms with Gasteiger partial charge in [0, 0.05) is 16.5 Å². The minimum atomic E-state index is -0.486. The predicted molar refractivity (Wildman–Crippen MR) is 129 cm³/mol. The van der Waals surface area contributed by atoms with E-state index < -0.39 is 5.63 Å². The normalized spacial score (nSPS) is 10.7. The first-order valence-electron chi connectivity index (χ1n) is 10.5. The summed E-state index contributed by atoms with van der Waals surface area (Å²) in [5.41, 5.74) is 2.09. The number of rotatable bonds is 8. The van der Waals surface area contributed by atoms with E-state index in [0.717, 1.165) is 0 Å². The monoisotopic (exact) mass is 460 g/mol. The molecule has 4 rings (SSSR count). The average Bonchev–Trinajstić information content (AvgIpc) is 2.87. The average molecular weight is 460 g/mol. The Labute approximate surface area is 196 Å². The lowest BCUT2D eigenvalue weighted by atomic mass is 9.98. The third-order valence-corrected chi connectivity index (χ3v) is 5.59. The van der Waals surface area contributed by atoms with Gasteiger partial charge in [0.05, 0.1) is 26.9 Å². The van der Waals surface area contributed by atoms with Crippen LogP contribution >= 0.6 is 0 Å². The Kier molecular flexibility index (Phi) is 6.54. The second-order valence-electron chi connectivity index (χ2n) is 7.55. The molecule has 0 aliphatic heterocycles. The van der Waals surface area contributed by atoms with Gasteiger partial charge in [-0.1, -0.05) is 0 Å². The van der Waals surface area contributed by atoms with Crippen molar-refractivity contribution in [3.8, 4) is 34.1 Å². The fourth-order valence-corrected chi connectivity index (χ4v) is 3.75. The molecule has 0 saturated carbocycles. The highest BCUT2D eigenvalue weighted by atomic mass is 16.5. The highest BCUT2D eigenvalue weighted by Crippen LogP contribution is 2.36. The molecule has 1 heterocycles. The van der Waals surface area contributed by atoms with Gasteiger partial charge in [0.2, 0.25) is 0 Å². The van der Waals surface area contributed by atoms with Crippen LogP contribution in [0.3, 0.4) is 0 Å². The zero-order valence-electron chi connectivity index (χ0n) is 19.3. The number of methoxy groups -OCH3 is 3. The number of Topliss-reactive ketones (excluding diaryl/α,β-unsaturated/α-hetero) is 1. The highest BCUT2D eigenvalue weighted by Gasteiger charge is 2.18. The SMILES string of the molecule is COc1ccc(C(=O)COc2ccc3oc(=O)c(-c4cc(OC)ccc4OC)c(C)c3c2)cc1. The molecule has 0 fully saturated rings. The Hall–Kier alpha value is -4.26. The maximum absolute atomic E-state index is 12.9. The number of carbonyl (C=O) groups is 1. The molecular formula is C27H24O7. The van der Waals surface area contributed by atoms with E-state index in [2.05, 4.69) is 0 Å². The molecule has 0 unspecified atom stereocenters. The topological polar surface area (TPSA) is 84.2 Å². The van der Waals surface area contributed by atoms with E-state index in [0.29, 0.717) is 56.2 Å². The fourth-order valence-electron chi connectivity index (χ4n) is 3.75. The third-order valence-electron chi connectivity index (χ3n) is 5.59. The second kappa shape index (κ2) is 9.70. The molecule has 0 radical (unpaired) electrons.